The second-order valence-corrected chi connectivity index (χ2v) is 8.01. The van der Waals surface area contributed by atoms with Crippen molar-refractivity contribution in [3.05, 3.63) is 89.4 Å². The van der Waals surface area contributed by atoms with E-state index in [4.69, 9.17) is 4.42 Å². The van der Waals surface area contributed by atoms with E-state index in [0.29, 0.717) is 24.5 Å². The van der Waals surface area contributed by atoms with E-state index in [2.05, 4.69) is 46.0 Å². The average Bonchev–Trinajstić information content (AvgIpc) is 3.52. The van der Waals surface area contributed by atoms with Gasteiger partial charge in [-0.3, -0.25) is 0 Å². The average molecular weight is 441 g/mol. The lowest BCUT2D eigenvalue weighted by atomic mass is 10.1. The second kappa shape index (κ2) is 8.74. The molecule has 8 heteroatoms. The summed E-state index contributed by atoms with van der Waals surface area (Å²) in [6.07, 6.45) is 2.54. The number of amides is 2. The van der Waals surface area contributed by atoms with Crippen molar-refractivity contribution in [3.63, 3.8) is 0 Å². The molecule has 33 heavy (non-hydrogen) atoms. The first-order valence-corrected chi connectivity index (χ1v) is 10.9. The van der Waals surface area contributed by atoms with E-state index in [0.717, 1.165) is 34.1 Å². The number of tetrazole rings is 1. The third-order valence-electron chi connectivity index (χ3n) is 5.78. The van der Waals surface area contributed by atoms with Crippen molar-refractivity contribution in [1.29, 1.82) is 0 Å². The van der Waals surface area contributed by atoms with Gasteiger partial charge in [-0.05, 0) is 71.3 Å². The molecule has 0 aliphatic rings. The second-order valence-electron chi connectivity index (χ2n) is 8.01. The number of nitrogens with zero attached hydrogens (tertiary/aromatic N) is 5. The van der Waals surface area contributed by atoms with Crippen molar-refractivity contribution < 1.29 is 9.21 Å². The number of rotatable bonds is 6. The zero-order valence-corrected chi connectivity index (χ0v) is 18.5. The third-order valence-corrected chi connectivity index (χ3v) is 5.78. The van der Waals surface area contributed by atoms with Crippen molar-refractivity contribution in [2.75, 3.05) is 5.32 Å². The highest BCUT2D eigenvalue weighted by atomic mass is 16.3. The molecule has 2 aromatic carbocycles. The van der Waals surface area contributed by atoms with Gasteiger partial charge in [0.25, 0.3) is 0 Å². The highest BCUT2D eigenvalue weighted by Crippen LogP contribution is 2.23. The van der Waals surface area contributed by atoms with Crippen molar-refractivity contribution in [1.82, 2.24) is 24.9 Å². The van der Waals surface area contributed by atoms with E-state index in [-0.39, 0.29) is 6.03 Å². The fourth-order valence-corrected chi connectivity index (χ4v) is 3.95. The fraction of sp³-hybridized carbons (Fsp3) is 0.200. The number of anilines is 1. The quantitative estimate of drug-likeness (QED) is 0.402. The minimum absolute atomic E-state index is 0.228. The zero-order chi connectivity index (χ0) is 22.8. The standard InChI is InChI=1S/C25H24N6O2/c1-3-18-10-11-23-19(13-18)14-20(24-27-28-29-31(23)24)15-30(16-21-8-6-12-33-21)25(32)26-22-9-5-4-7-17(22)2/h4-14H,3,15-16H2,1-2H3,(H,26,32). The molecule has 0 saturated carbocycles. The van der Waals surface area contributed by atoms with E-state index in [9.17, 15) is 4.79 Å². The smallest absolute Gasteiger partial charge is 0.322 e. The first kappa shape index (κ1) is 20.7. The summed E-state index contributed by atoms with van der Waals surface area (Å²) >= 11 is 0. The molecular formula is C25H24N6O2. The van der Waals surface area contributed by atoms with E-state index in [1.165, 1.54) is 5.56 Å². The number of benzene rings is 2. The number of urea groups is 1. The predicted octanol–water partition coefficient (Wildman–Crippen LogP) is 4.98. The normalized spacial score (nSPS) is 11.2. The first-order chi connectivity index (χ1) is 16.1. The number of fused-ring (bicyclic) bond motifs is 3. The van der Waals surface area contributed by atoms with Gasteiger partial charge in [-0.25, -0.2) is 4.79 Å². The molecule has 8 nitrogen and oxygen atoms in total. The SMILES string of the molecule is CCc1ccc2c(c1)cc(CN(Cc1ccco1)C(=O)Nc1ccccc1C)c1nnnn12. The number of aromatic nitrogens is 4. The molecule has 3 heterocycles. The van der Waals surface area contributed by atoms with Gasteiger partial charge in [-0.2, -0.15) is 4.52 Å². The van der Waals surface area contributed by atoms with Crippen LogP contribution in [0, 0.1) is 6.92 Å². The molecule has 0 aliphatic carbocycles. The highest BCUT2D eigenvalue weighted by Gasteiger charge is 2.20. The van der Waals surface area contributed by atoms with E-state index >= 15 is 0 Å². The molecular weight excluding hydrogens is 416 g/mol. The number of pyridine rings is 1. The van der Waals surface area contributed by atoms with Crippen molar-refractivity contribution in [2.24, 2.45) is 0 Å². The summed E-state index contributed by atoms with van der Waals surface area (Å²) < 4.78 is 7.26. The number of carbonyl (C=O) groups excluding carboxylic acids is 1. The zero-order valence-electron chi connectivity index (χ0n) is 18.5. The summed E-state index contributed by atoms with van der Waals surface area (Å²) in [5.74, 6) is 0.694. The third kappa shape index (κ3) is 4.15. The molecule has 5 aromatic rings. The van der Waals surface area contributed by atoms with Crippen LogP contribution in [0.2, 0.25) is 0 Å². The van der Waals surface area contributed by atoms with Crippen LogP contribution in [-0.4, -0.2) is 31.0 Å². The number of hydrogen-bond acceptors (Lipinski definition) is 5. The van der Waals surface area contributed by atoms with Gasteiger partial charge in [0, 0.05) is 16.6 Å². The Hall–Kier alpha value is -4.20. The molecule has 0 radical (unpaired) electrons. The molecule has 0 bridgehead atoms. The number of carbonyl (C=O) groups is 1. The molecule has 166 valence electrons. The summed E-state index contributed by atoms with van der Waals surface area (Å²) in [6, 6.07) is 19.5. The summed E-state index contributed by atoms with van der Waals surface area (Å²) in [5, 5.41) is 16.4. The van der Waals surface area contributed by atoms with Crippen LogP contribution in [0.3, 0.4) is 0 Å². The van der Waals surface area contributed by atoms with Crippen molar-refractivity contribution >= 4 is 28.3 Å². The lowest BCUT2D eigenvalue weighted by Crippen LogP contribution is -2.34. The van der Waals surface area contributed by atoms with E-state index in [1.54, 1.807) is 15.7 Å². The van der Waals surface area contributed by atoms with Crippen LogP contribution in [-0.2, 0) is 19.5 Å². The lowest BCUT2D eigenvalue weighted by molar-refractivity contribution is 0.201. The lowest BCUT2D eigenvalue weighted by Gasteiger charge is -2.23. The Balaban J connectivity index is 1.53. The van der Waals surface area contributed by atoms with E-state index < -0.39 is 0 Å². The number of aryl methyl sites for hydroxylation is 2. The topological polar surface area (TPSA) is 88.6 Å². The van der Waals surface area contributed by atoms with Gasteiger partial charge in [0.2, 0.25) is 0 Å². The monoisotopic (exact) mass is 440 g/mol. The van der Waals surface area contributed by atoms with Crippen LogP contribution in [0.4, 0.5) is 10.5 Å². The van der Waals surface area contributed by atoms with Crippen LogP contribution in [0.1, 0.15) is 29.4 Å². The van der Waals surface area contributed by atoms with Crippen molar-refractivity contribution in [3.8, 4) is 0 Å². The molecule has 0 aliphatic heterocycles. The molecule has 0 spiro atoms. The Morgan fingerprint density at radius 3 is 2.76 bits per heavy atom. The minimum Gasteiger partial charge on any atom is -0.467 e. The van der Waals surface area contributed by atoms with E-state index in [1.807, 2.05) is 49.4 Å². The number of hydrogen-bond donors (Lipinski definition) is 1. The van der Waals surface area contributed by atoms with Crippen molar-refractivity contribution in [2.45, 2.75) is 33.4 Å². The van der Waals surface area contributed by atoms with Crippen LogP contribution in [0.5, 0.6) is 0 Å². The molecule has 0 saturated heterocycles. The minimum atomic E-state index is -0.228. The Kier molecular flexibility index (Phi) is 5.48. The number of para-hydroxylation sites is 1. The Morgan fingerprint density at radius 1 is 1.09 bits per heavy atom. The van der Waals surface area contributed by atoms with Gasteiger partial charge in [0.1, 0.15) is 5.76 Å². The first-order valence-electron chi connectivity index (χ1n) is 10.9. The van der Waals surface area contributed by atoms with Crippen LogP contribution < -0.4 is 5.32 Å². The maximum atomic E-state index is 13.3. The van der Waals surface area contributed by atoms with Gasteiger partial charge in [-0.1, -0.05) is 31.2 Å². The van der Waals surface area contributed by atoms with Crippen LogP contribution in [0.15, 0.2) is 71.3 Å². The summed E-state index contributed by atoms with van der Waals surface area (Å²) in [5.41, 5.74) is 5.40. The summed E-state index contributed by atoms with van der Waals surface area (Å²) in [6.45, 7) is 4.71. The largest absolute Gasteiger partial charge is 0.467 e. The number of nitrogens with one attached hydrogen (secondary N) is 1. The molecule has 3 aromatic heterocycles. The molecule has 0 atom stereocenters. The highest BCUT2D eigenvalue weighted by molar-refractivity contribution is 5.90. The molecule has 0 fully saturated rings. The van der Waals surface area contributed by atoms with Gasteiger partial charge >= 0.3 is 6.03 Å². The molecule has 0 unspecified atom stereocenters. The van der Waals surface area contributed by atoms with Crippen LogP contribution >= 0.6 is 0 Å². The van der Waals surface area contributed by atoms with Crippen LogP contribution in [0.25, 0.3) is 16.6 Å². The fourth-order valence-electron chi connectivity index (χ4n) is 3.95. The maximum Gasteiger partial charge on any atom is 0.322 e. The Bertz CT molecular complexity index is 1420. The van der Waals surface area contributed by atoms with Gasteiger partial charge in [0.15, 0.2) is 5.65 Å². The summed E-state index contributed by atoms with van der Waals surface area (Å²) in [7, 11) is 0. The summed E-state index contributed by atoms with van der Waals surface area (Å²) in [4.78, 5) is 15.0. The maximum absolute atomic E-state index is 13.3. The molecule has 5 rings (SSSR count). The number of furan rings is 1. The Labute approximate surface area is 190 Å². The van der Waals surface area contributed by atoms with Gasteiger partial charge in [-0.15, -0.1) is 5.10 Å². The Morgan fingerprint density at radius 2 is 1.97 bits per heavy atom. The molecule has 1 N–H and O–H groups in total. The predicted molar refractivity (Wildman–Crippen MR) is 126 cm³/mol. The molecule has 2 amide bonds. The van der Waals surface area contributed by atoms with Gasteiger partial charge < -0.3 is 14.6 Å². The van der Waals surface area contributed by atoms with Gasteiger partial charge in [0.05, 0.1) is 24.9 Å².